The Morgan fingerprint density at radius 1 is 1.38 bits per heavy atom. The average molecular weight is 287 g/mol. The standard InChI is InChI=1S/C16H21N3O2/c1-2-9-18-16(21)13-7-3-4-8-14(13)19-15(20)11-12-6-5-10-17-12/h2-4,7-8,12,17H,1,5-6,9-11H2,(H,18,21)(H,19,20). The molecule has 1 aliphatic heterocycles. The Hall–Kier alpha value is -2.14. The summed E-state index contributed by atoms with van der Waals surface area (Å²) >= 11 is 0. The summed E-state index contributed by atoms with van der Waals surface area (Å²) in [4.78, 5) is 24.1. The maximum atomic E-state index is 12.1. The van der Waals surface area contributed by atoms with Crippen LogP contribution in [-0.2, 0) is 4.79 Å². The first kappa shape index (κ1) is 15.3. The second-order valence-electron chi connectivity index (χ2n) is 5.09. The molecule has 1 heterocycles. The summed E-state index contributed by atoms with van der Waals surface area (Å²) in [6, 6.07) is 7.25. The molecule has 1 atom stereocenters. The van der Waals surface area contributed by atoms with Gasteiger partial charge in [-0.1, -0.05) is 18.2 Å². The Balaban J connectivity index is 1.99. The van der Waals surface area contributed by atoms with Gasteiger partial charge in [0.2, 0.25) is 5.91 Å². The summed E-state index contributed by atoms with van der Waals surface area (Å²) in [6.07, 6.45) is 4.18. The van der Waals surface area contributed by atoms with E-state index in [0.717, 1.165) is 19.4 Å². The van der Waals surface area contributed by atoms with E-state index in [1.165, 1.54) is 0 Å². The fraction of sp³-hybridized carbons (Fsp3) is 0.375. The molecule has 112 valence electrons. The zero-order valence-corrected chi connectivity index (χ0v) is 12.0. The summed E-state index contributed by atoms with van der Waals surface area (Å²) in [6.45, 7) is 4.93. The first-order valence-corrected chi connectivity index (χ1v) is 7.22. The van der Waals surface area contributed by atoms with Gasteiger partial charge in [-0.25, -0.2) is 0 Å². The van der Waals surface area contributed by atoms with Crippen LogP contribution in [0.3, 0.4) is 0 Å². The van der Waals surface area contributed by atoms with E-state index in [4.69, 9.17) is 0 Å². The molecule has 1 aliphatic rings. The van der Waals surface area contributed by atoms with Crippen LogP contribution < -0.4 is 16.0 Å². The van der Waals surface area contributed by atoms with Crippen LogP contribution in [0.4, 0.5) is 5.69 Å². The van der Waals surface area contributed by atoms with Gasteiger partial charge in [-0.3, -0.25) is 9.59 Å². The van der Waals surface area contributed by atoms with Crippen LogP contribution in [0.15, 0.2) is 36.9 Å². The number of hydrogen-bond donors (Lipinski definition) is 3. The van der Waals surface area contributed by atoms with Crippen LogP contribution in [-0.4, -0.2) is 30.9 Å². The van der Waals surface area contributed by atoms with E-state index in [9.17, 15) is 9.59 Å². The van der Waals surface area contributed by atoms with E-state index in [-0.39, 0.29) is 17.9 Å². The molecule has 0 aliphatic carbocycles. The molecule has 2 amide bonds. The topological polar surface area (TPSA) is 70.2 Å². The third-order valence-electron chi connectivity index (χ3n) is 3.45. The zero-order valence-electron chi connectivity index (χ0n) is 12.0. The number of amides is 2. The van der Waals surface area contributed by atoms with Gasteiger partial charge in [0.1, 0.15) is 0 Å². The molecule has 0 spiro atoms. The SMILES string of the molecule is C=CCNC(=O)c1ccccc1NC(=O)CC1CCCN1. The van der Waals surface area contributed by atoms with E-state index in [2.05, 4.69) is 22.5 Å². The third kappa shape index (κ3) is 4.43. The lowest BCUT2D eigenvalue weighted by atomic mass is 10.1. The third-order valence-corrected chi connectivity index (χ3v) is 3.45. The number of hydrogen-bond acceptors (Lipinski definition) is 3. The Morgan fingerprint density at radius 2 is 2.19 bits per heavy atom. The molecule has 1 unspecified atom stereocenters. The van der Waals surface area contributed by atoms with E-state index in [1.54, 1.807) is 30.3 Å². The summed E-state index contributed by atoms with van der Waals surface area (Å²) in [5.74, 6) is -0.289. The molecule has 0 saturated carbocycles. The molecule has 2 rings (SSSR count). The van der Waals surface area contributed by atoms with E-state index < -0.39 is 0 Å². The highest BCUT2D eigenvalue weighted by Gasteiger charge is 2.19. The molecule has 0 bridgehead atoms. The molecule has 0 radical (unpaired) electrons. The lowest BCUT2D eigenvalue weighted by Crippen LogP contribution is -2.29. The second-order valence-corrected chi connectivity index (χ2v) is 5.09. The molecule has 5 nitrogen and oxygen atoms in total. The van der Waals surface area contributed by atoms with Gasteiger partial charge in [0, 0.05) is 19.0 Å². The minimum absolute atomic E-state index is 0.0710. The van der Waals surface area contributed by atoms with Crippen LogP contribution in [0.1, 0.15) is 29.6 Å². The number of carbonyl (C=O) groups is 2. The minimum atomic E-state index is -0.218. The molecule has 1 aromatic carbocycles. The molecular weight excluding hydrogens is 266 g/mol. The van der Waals surface area contributed by atoms with Gasteiger partial charge in [-0.2, -0.15) is 0 Å². The number of nitrogens with one attached hydrogen (secondary N) is 3. The van der Waals surface area contributed by atoms with Gasteiger partial charge in [-0.15, -0.1) is 6.58 Å². The summed E-state index contributed by atoms with van der Waals surface area (Å²) in [5, 5.41) is 8.83. The molecule has 0 aromatic heterocycles. The van der Waals surface area contributed by atoms with Crippen molar-refractivity contribution in [2.45, 2.75) is 25.3 Å². The quantitative estimate of drug-likeness (QED) is 0.697. The smallest absolute Gasteiger partial charge is 0.253 e. The van der Waals surface area contributed by atoms with E-state index in [0.29, 0.717) is 24.2 Å². The van der Waals surface area contributed by atoms with Gasteiger partial charge >= 0.3 is 0 Å². The fourth-order valence-corrected chi connectivity index (χ4v) is 2.41. The van der Waals surface area contributed by atoms with Crippen molar-refractivity contribution in [3.8, 4) is 0 Å². The van der Waals surface area contributed by atoms with Crippen molar-refractivity contribution < 1.29 is 9.59 Å². The van der Waals surface area contributed by atoms with E-state index in [1.807, 2.05) is 0 Å². The van der Waals surface area contributed by atoms with Crippen LogP contribution in [0.5, 0.6) is 0 Å². The van der Waals surface area contributed by atoms with Gasteiger partial charge in [-0.05, 0) is 31.5 Å². The van der Waals surface area contributed by atoms with E-state index >= 15 is 0 Å². The van der Waals surface area contributed by atoms with Crippen LogP contribution in [0.25, 0.3) is 0 Å². The van der Waals surface area contributed by atoms with Crippen molar-refractivity contribution >= 4 is 17.5 Å². The number of benzene rings is 1. The van der Waals surface area contributed by atoms with Crippen molar-refractivity contribution in [2.24, 2.45) is 0 Å². The molecular formula is C16H21N3O2. The van der Waals surface area contributed by atoms with Crippen molar-refractivity contribution in [1.82, 2.24) is 10.6 Å². The van der Waals surface area contributed by atoms with Gasteiger partial charge in [0.05, 0.1) is 11.3 Å². The van der Waals surface area contributed by atoms with Crippen molar-refractivity contribution in [3.05, 3.63) is 42.5 Å². The lowest BCUT2D eigenvalue weighted by Gasteiger charge is -2.13. The van der Waals surface area contributed by atoms with Crippen LogP contribution >= 0.6 is 0 Å². The van der Waals surface area contributed by atoms with Crippen LogP contribution in [0, 0.1) is 0 Å². The fourth-order valence-electron chi connectivity index (χ4n) is 2.41. The predicted molar refractivity (Wildman–Crippen MR) is 83.2 cm³/mol. The Morgan fingerprint density at radius 3 is 2.90 bits per heavy atom. The van der Waals surface area contributed by atoms with Crippen molar-refractivity contribution in [1.29, 1.82) is 0 Å². The lowest BCUT2D eigenvalue weighted by molar-refractivity contribution is -0.116. The first-order valence-electron chi connectivity index (χ1n) is 7.22. The molecule has 1 aromatic rings. The number of rotatable bonds is 6. The first-order chi connectivity index (χ1) is 10.2. The average Bonchev–Trinajstić information content (AvgIpc) is 2.98. The predicted octanol–water partition coefficient (Wildman–Crippen LogP) is 1.68. The van der Waals surface area contributed by atoms with Crippen molar-refractivity contribution in [2.75, 3.05) is 18.4 Å². The number of carbonyl (C=O) groups excluding carboxylic acids is 2. The summed E-state index contributed by atoms with van der Waals surface area (Å²) < 4.78 is 0. The maximum absolute atomic E-state index is 12.1. The largest absolute Gasteiger partial charge is 0.349 e. The van der Waals surface area contributed by atoms with Gasteiger partial charge in [0.15, 0.2) is 0 Å². The molecule has 1 saturated heterocycles. The summed E-state index contributed by atoms with van der Waals surface area (Å²) in [7, 11) is 0. The Labute approximate surface area is 124 Å². The highest BCUT2D eigenvalue weighted by molar-refractivity contribution is 6.03. The molecule has 3 N–H and O–H groups in total. The second kappa shape index (κ2) is 7.59. The highest BCUT2D eigenvalue weighted by atomic mass is 16.2. The van der Waals surface area contributed by atoms with Gasteiger partial charge < -0.3 is 16.0 Å². The monoisotopic (exact) mass is 287 g/mol. The zero-order chi connectivity index (χ0) is 15.1. The molecule has 1 fully saturated rings. The number of anilines is 1. The molecule has 21 heavy (non-hydrogen) atoms. The minimum Gasteiger partial charge on any atom is -0.349 e. The summed E-state index contributed by atoms with van der Waals surface area (Å²) in [5.41, 5.74) is 1.01. The number of para-hydroxylation sites is 1. The Kier molecular flexibility index (Phi) is 5.51. The highest BCUT2D eigenvalue weighted by Crippen LogP contribution is 2.16. The van der Waals surface area contributed by atoms with Crippen molar-refractivity contribution in [3.63, 3.8) is 0 Å². The normalized spacial score (nSPS) is 17.2. The Bertz CT molecular complexity index is 522. The molecule has 5 heteroatoms. The van der Waals surface area contributed by atoms with Crippen LogP contribution in [0.2, 0.25) is 0 Å². The van der Waals surface area contributed by atoms with Gasteiger partial charge in [0.25, 0.3) is 5.91 Å². The maximum Gasteiger partial charge on any atom is 0.253 e.